The number of aliphatic hydroxyl groups excluding tert-OH is 1. The smallest absolute Gasteiger partial charge is 0.267 e. The zero-order chi connectivity index (χ0) is 11.4. The van der Waals surface area contributed by atoms with E-state index in [1.54, 1.807) is 6.07 Å². The number of methoxy groups -OCH3 is 1. The second-order valence-electron chi connectivity index (χ2n) is 2.64. The van der Waals surface area contributed by atoms with Crippen LogP contribution in [0.25, 0.3) is 0 Å². The summed E-state index contributed by atoms with van der Waals surface area (Å²) in [5.74, 6) is -0.131. The van der Waals surface area contributed by atoms with Gasteiger partial charge in [0.15, 0.2) is 0 Å². The molecule has 1 rings (SSSR count). The molecule has 0 aliphatic rings. The first-order chi connectivity index (χ1) is 7.15. The molecule has 0 saturated carbocycles. The van der Waals surface area contributed by atoms with Crippen molar-refractivity contribution in [2.24, 2.45) is 0 Å². The molecule has 1 aromatic heterocycles. The first kappa shape index (κ1) is 11.3. The number of halogens is 2. The number of pyridine rings is 1. The zero-order valence-electron chi connectivity index (χ0n) is 7.87. The standard InChI is InChI=1S/C9H8F2N2O2/c1-15-7-3-13-6(2-12)5(4-14)8(7)9(10)11/h3,9,14H,4H2,1H3. The van der Waals surface area contributed by atoms with Crippen molar-refractivity contribution >= 4 is 0 Å². The van der Waals surface area contributed by atoms with Crippen molar-refractivity contribution in [3.05, 3.63) is 23.0 Å². The lowest BCUT2D eigenvalue weighted by Crippen LogP contribution is -2.04. The third-order valence-electron chi connectivity index (χ3n) is 1.89. The van der Waals surface area contributed by atoms with Crippen molar-refractivity contribution in [1.82, 2.24) is 4.98 Å². The van der Waals surface area contributed by atoms with E-state index < -0.39 is 18.6 Å². The third-order valence-corrected chi connectivity index (χ3v) is 1.89. The summed E-state index contributed by atoms with van der Waals surface area (Å²) in [6, 6.07) is 1.63. The van der Waals surface area contributed by atoms with Crippen LogP contribution in [0.2, 0.25) is 0 Å². The number of hydrogen-bond donors (Lipinski definition) is 1. The summed E-state index contributed by atoms with van der Waals surface area (Å²) in [5.41, 5.74) is -0.882. The number of rotatable bonds is 3. The highest BCUT2D eigenvalue weighted by atomic mass is 19.3. The van der Waals surface area contributed by atoms with Crippen molar-refractivity contribution in [2.45, 2.75) is 13.0 Å². The summed E-state index contributed by atoms with van der Waals surface area (Å²) in [6.07, 6.45) is -1.78. The van der Waals surface area contributed by atoms with Gasteiger partial charge in [-0.05, 0) is 0 Å². The number of aromatic nitrogens is 1. The normalized spacial score (nSPS) is 10.1. The number of alkyl halides is 2. The highest BCUT2D eigenvalue weighted by Gasteiger charge is 2.22. The van der Waals surface area contributed by atoms with Crippen LogP contribution in [0.15, 0.2) is 6.20 Å². The average molecular weight is 214 g/mol. The summed E-state index contributed by atoms with van der Waals surface area (Å²) in [7, 11) is 1.22. The fourth-order valence-corrected chi connectivity index (χ4v) is 1.21. The molecular formula is C9H8F2N2O2. The van der Waals surface area contributed by atoms with Gasteiger partial charge in [0.1, 0.15) is 17.5 Å². The Morgan fingerprint density at radius 3 is 2.73 bits per heavy atom. The van der Waals surface area contributed by atoms with Crippen LogP contribution in [0.1, 0.15) is 23.2 Å². The maximum absolute atomic E-state index is 12.7. The van der Waals surface area contributed by atoms with Crippen LogP contribution in [0, 0.1) is 11.3 Å². The Bertz CT molecular complexity index is 402. The molecule has 0 aromatic carbocycles. The second kappa shape index (κ2) is 4.66. The molecule has 0 aliphatic carbocycles. The highest BCUT2D eigenvalue weighted by molar-refractivity contribution is 5.45. The Hall–Kier alpha value is -1.74. The molecule has 0 bridgehead atoms. The predicted molar refractivity (Wildman–Crippen MR) is 46.4 cm³/mol. The first-order valence-electron chi connectivity index (χ1n) is 4.00. The van der Waals surface area contributed by atoms with Crippen molar-refractivity contribution < 1.29 is 18.6 Å². The largest absolute Gasteiger partial charge is 0.495 e. The Balaban J connectivity index is 3.46. The summed E-state index contributed by atoms with van der Waals surface area (Å²) >= 11 is 0. The number of ether oxygens (including phenoxy) is 1. The molecule has 0 spiro atoms. The summed E-state index contributed by atoms with van der Waals surface area (Å²) in [5, 5.41) is 17.5. The third kappa shape index (κ3) is 2.02. The van der Waals surface area contributed by atoms with Crippen LogP contribution >= 0.6 is 0 Å². The Morgan fingerprint density at radius 1 is 1.67 bits per heavy atom. The Kier molecular flexibility index (Phi) is 3.52. The van der Waals surface area contributed by atoms with Gasteiger partial charge < -0.3 is 9.84 Å². The fourth-order valence-electron chi connectivity index (χ4n) is 1.21. The van der Waals surface area contributed by atoms with Crippen LogP contribution in [0.5, 0.6) is 5.75 Å². The molecule has 0 atom stereocenters. The molecule has 1 N–H and O–H groups in total. The van der Waals surface area contributed by atoms with Crippen molar-refractivity contribution in [2.75, 3.05) is 7.11 Å². The van der Waals surface area contributed by atoms with Crippen LogP contribution < -0.4 is 4.74 Å². The van der Waals surface area contributed by atoms with Gasteiger partial charge in [-0.3, -0.25) is 0 Å². The Labute approximate surface area is 84.7 Å². The number of nitriles is 1. The molecular weight excluding hydrogens is 206 g/mol. The quantitative estimate of drug-likeness (QED) is 0.825. The van der Waals surface area contributed by atoms with Crippen molar-refractivity contribution in [1.29, 1.82) is 5.26 Å². The molecule has 80 valence electrons. The van der Waals surface area contributed by atoms with E-state index in [9.17, 15) is 8.78 Å². The maximum atomic E-state index is 12.7. The summed E-state index contributed by atoms with van der Waals surface area (Å²) in [6.45, 7) is -0.674. The monoisotopic (exact) mass is 214 g/mol. The van der Waals surface area contributed by atoms with Crippen molar-refractivity contribution in [3.8, 4) is 11.8 Å². The lowest BCUT2D eigenvalue weighted by molar-refractivity contribution is 0.142. The lowest BCUT2D eigenvalue weighted by atomic mass is 10.1. The minimum Gasteiger partial charge on any atom is -0.495 e. The van der Waals surface area contributed by atoms with E-state index in [0.29, 0.717) is 0 Å². The van der Waals surface area contributed by atoms with E-state index >= 15 is 0 Å². The van der Waals surface area contributed by atoms with Gasteiger partial charge in [-0.15, -0.1) is 0 Å². The van der Waals surface area contributed by atoms with Gasteiger partial charge in [-0.1, -0.05) is 0 Å². The van der Waals surface area contributed by atoms with Crippen LogP contribution in [0.3, 0.4) is 0 Å². The van der Waals surface area contributed by atoms with Crippen LogP contribution in [-0.4, -0.2) is 17.2 Å². The second-order valence-corrected chi connectivity index (χ2v) is 2.64. The van der Waals surface area contributed by atoms with E-state index in [4.69, 9.17) is 10.4 Å². The highest BCUT2D eigenvalue weighted by Crippen LogP contribution is 2.32. The summed E-state index contributed by atoms with van der Waals surface area (Å²) in [4.78, 5) is 3.60. The van der Waals surface area contributed by atoms with E-state index in [1.807, 2.05) is 0 Å². The first-order valence-corrected chi connectivity index (χ1v) is 4.00. The topological polar surface area (TPSA) is 66.1 Å². The molecule has 15 heavy (non-hydrogen) atoms. The minimum absolute atomic E-state index is 0.131. The molecule has 6 heteroatoms. The SMILES string of the molecule is COc1cnc(C#N)c(CO)c1C(F)F. The summed E-state index contributed by atoms with van der Waals surface area (Å²) < 4.78 is 30.0. The van der Waals surface area contributed by atoms with Gasteiger partial charge in [0, 0.05) is 5.56 Å². The van der Waals surface area contributed by atoms with Gasteiger partial charge >= 0.3 is 0 Å². The van der Waals surface area contributed by atoms with Gasteiger partial charge in [0.05, 0.1) is 25.5 Å². The van der Waals surface area contributed by atoms with E-state index in [1.165, 1.54) is 7.11 Å². The number of nitrogens with zero attached hydrogens (tertiary/aromatic N) is 2. The molecule has 0 saturated heterocycles. The molecule has 0 fully saturated rings. The van der Waals surface area contributed by atoms with E-state index in [2.05, 4.69) is 9.72 Å². The molecule has 1 aromatic rings. The number of hydrogen-bond acceptors (Lipinski definition) is 4. The van der Waals surface area contributed by atoms with Gasteiger partial charge in [-0.25, -0.2) is 13.8 Å². The molecule has 1 heterocycles. The van der Waals surface area contributed by atoms with E-state index in [0.717, 1.165) is 6.20 Å². The molecule has 4 nitrogen and oxygen atoms in total. The maximum Gasteiger partial charge on any atom is 0.267 e. The van der Waals surface area contributed by atoms with Crippen LogP contribution in [-0.2, 0) is 6.61 Å². The van der Waals surface area contributed by atoms with Crippen molar-refractivity contribution in [3.63, 3.8) is 0 Å². The lowest BCUT2D eigenvalue weighted by Gasteiger charge is -2.11. The van der Waals surface area contributed by atoms with Crippen LogP contribution in [0.4, 0.5) is 8.78 Å². The average Bonchev–Trinajstić information content (AvgIpc) is 2.26. The Morgan fingerprint density at radius 2 is 2.33 bits per heavy atom. The molecule has 0 amide bonds. The van der Waals surface area contributed by atoms with E-state index in [-0.39, 0.29) is 17.0 Å². The van der Waals surface area contributed by atoms with Gasteiger partial charge in [0.25, 0.3) is 6.43 Å². The minimum atomic E-state index is -2.82. The molecule has 0 aliphatic heterocycles. The zero-order valence-corrected chi connectivity index (χ0v) is 7.87. The molecule has 0 radical (unpaired) electrons. The number of aliphatic hydroxyl groups is 1. The fraction of sp³-hybridized carbons (Fsp3) is 0.333. The molecule has 0 unspecified atom stereocenters. The van der Waals surface area contributed by atoms with Gasteiger partial charge in [-0.2, -0.15) is 5.26 Å². The van der Waals surface area contributed by atoms with Gasteiger partial charge in [0.2, 0.25) is 0 Å². The predicted octanol–water partition coefficient (Wildman–Crippen LogP) is 1.39.